The second-order valence-electron chi connectivity index (χ2n) is 4.29. The van der Waals surface area contributed by atoms with E-state index >= 15 is 0 Å². The van der Waals surface area contributed by atoms with Crippen molar-refractivity contribution in [2.45, 2.75) is 33.2 Å². The van der Waals surface area contributed by atoms with E-state index in [2.05, 4.69) is 16.9 Å². The molecule has 4 heteroatoms. The lowest BCUT2D eigenvalue weighted by Crippen LogP contribution is -2.13. The van der Waals surface area contributed by atoms with Gasteiger partial charge in [-0.2, -0.15) is 0 Å². The molecule has 0 aliphatic heterocycles. The maximum atomic E-state index is 6.19. The molecule has 0 fully saturated rings. The first-order valence-electron chi connectivity index (χ1n) is 5.67. The number of aromatic nitrogens is 2. The fourth-order valence-electron chi connectivity index (χ4n) is 1.73. The summed E-state index contributed by atoms with van der Waals surface area (Å²) in [5, 5.41) is 1.11. The summed E-state index contributed by atoms with van der Waals surface area (Å²) in [5.41, 5.74) is 9.44. The van der Waals surface area contributed by atoms with Crippen LogP contribution < -0.4 is 5.73 Å². The van der Waals surface area contributed by atoms with Crippen LogP contribution in [0.5, 0.6) is 0 Å². The smallest absolute Gasteiger partial charge is 0.0949 e. The van der Waals surface area contributed by atoms with Gasteiger partial charge in [0.25, 0.3) is 0 Å². The number of hydrogen-bond donors (Lipinski definition) is 1. The molecule has 0 spiro atoms. The monoisotopic (exact) mass is 247 g/mol. The molecule has 1 unspecified atom stereocenters. The van der Waals surface area contributed by atoms with Gasteiger partial charge < -0.3 is 5.73 Å². The van der Waals surface area contributed by atoms with Crippen LogP contribution in [0.4, 0.5) is 0 Å². The van der Waals surface area contributed by atoms with E-state index in [-0.39, 0.29) is 6.04 Å². The lowest BCUT2D eigenvalue weighted by Gasteiger charge is -2.10. The Morgan fingerprint density at radius 1 is 1.35 bits per heavy atom. The molecule has 2 heterocycles. The molecule has 0 saturated heterocycles. The fourth-order valence-corrected chi connectivity index (χ4v) is 2.72. The van der Waals surface area contributed by atoms with Crippen molar-refractivity contribution in [3.8, 4) is 0 Å². The lowest BCUT2D eigenvalue weighted by molar-refractivity contribution is 0.714. The van der Waals surface area contributed by atoms with Gasteiger partial charge >= 0.3 is 0 Å². The van der Waals surface area contributed by atoms with Gasteiger partial charge in [0, 0.05) is 29.2 Å². The average Bonchev–Trinajstić information content (AvgIpc) is 2.58. The van der Waals surface area contributed by atoms with Crippen LogP contribution in [0.3, 0.4) is 0 Å². The van der Waals surface area contributed by atoms with Crippen molar-refractivity contribution in [1.82, 2.24) is 9.97 Å². The van der Waals surface area contributed by atoms with E-state index in [1.165, 1.54) is 4.88 Å². The van der Waals surface area contributed by atoms with Gasteiger partial charge in [-0.25, -0.2) is 4.98 Å². The second kappa shape index (κ2) is 4.94. The lowest BCUT2D eigenvalue weighted by atomic mass is 10.1. The zero-order valence-corrected chi connectivity index (χ0v) is 11.2. The number of nitrogens with two attached hydrogens (primary N) is 1. The van der Waals surface area contributed by atoms with E-state index in [9.17, 15) is 0 Å². The van der Waals surface area contributed by atoms with Gasteiger partial charge in [-0.3, -0.25) is 4.98 Å². The summed E-state index contributed by atoms with van der Waals surface area (Å²) in [4.78, 5) is 9.98. The first kappa shape index (κ1) is 12.2. The van der Waals surface area contributed by atoms with Crippen molar-refractivity contribution >= 4 is 11.3 Å². The molecule has 2 aromatic heterocycles. The van der Waals surface area contributed by atoms with Crippen LogP contribution in [-0.4, -0.2) is 9.97 Å². The highest BCUT2D eigenvalue weighted by atomic mass is 32.1. The summed E-state index contributed by atoms with van der Waals surface area (Å²) >= 11 is 1.73. The van der Waals surface area contributed by atoms with Crippen LogP contribution in [-0.2, 0) is 6.42 Å². The number of hydrogen-bond acceptors (Lipinski definition) is 4. The molecule has 0 bridgehead atoms. The Hall–Kier alpha value is -1.26. The topological polar surface area (TPSA) is 51.8 Å². The minimum atomic E-state index is 0.00153. The SMILES string of the molecule is Cc1cc(C(N)Cc2nc(C)c(C)s2)ccn1. The van der Waals surface area contributed by atoms with Crippen molar-refractivity contribution in [3.05, 3.63) is 45.2 Å². The average molecular weight is 247 g/mol. The van der Waals surface area contributed by atoms with E-state index in [1.54, 1.807) is 11.3 Å². The number of thiazole rings is 1. The Labute approximate surface area is 106 Å². The van der Waals surface area contributed by atoms with Crippen molar-refractivity contribution in [3.63, 3.8) is 0 Å². The van der Waals surface area contributed by atoms with Gasteiger partial charge in [-0.15, -0.1) is 11.3 Å². The molecule has 0 aliphatic carbocycles. The zero-order chi connectivity index (χ0) is 12.4. The second-order valence-corrected chi connectivity index (χ2v) is 5.58. The molecular weight excluding hydrogens is 230 g/mol. The third-order valence-corrected chi connectivity index (χ3v) is 3.91. The van der Waals surface area contributed by atoms with E-state index in [0.717, 1.165) is 28.4 Å². The van der Waals surface area contributed by atoms with Gasteiger partial charge in [0.15, 0.2) is 0 Å². The van der Waals surface area contributed by atoms with Crippen molar-refractivity contribution < 1.29 is 0 Å². The number of nitrogens with zero attached hydrogens (tertiary/aromatic N) is 2. The normalized spacial score (nSPS) is 12.7. The van der Waals surface area contributed by atoms with Gasteiger partial charge in [0.2, 0.25) is 0 Å². The molecule has 1 atom stereocenters. The largest absolute Gasteiger partial charge is 0.324 e. The Kier molecular flexibility index (Phi) is 3.54. The molecule has 2 rings (SSSR count). The molecule has 17 heavy (non-hydrogen) atoms. The Bertz CT molecular complexity index is 500. The van der Waals surface area contributed by atoms with Crippen LogP contribution in [0, 0.1) is 20.8 Å². The number of pyridine rings is 1. The summed E-state index contributed by atoms with van der Waals surface area (Å²) < 4.78 is 0. The van der Waals surface area contributed by atoms with Crippen LogP contribution in [0.25, 0.3) is 0 Å². The van der Waals surface area contributed by atoms with Crippen LogP contribution in [0.1, 0.15) is 32.9 Å². The van der Waals surface area contributed by atoms with Gasteiger partial charge in [-0.05, 0) is 38.5 Å². The molecule has 3 nitrogen and oxygen atoms in total. The van der Waals surface area contributed by atoms with Crippen molar-refractivity contribution in [1.29, 1.82) is 0 Å². The fraction of sp³-hybridized carbons (Fsp3) is 0.385. The molecular formula is C13H17N3S. The Balaban J connectivity index is 2.14. The first-order valence-corrected chi connectivity index (χ1v) is 6.49. The molecule has 2 aromatic rings. The Morgan fingerprint density at radius 3 is 2.71 bits per heavy atom. The minimum Gasteiger partial charge on any atom is -0.324 e. The predicted molar refractivity (Wildman–Crippen MR) is 71.2 cm³/mol. The number of rotatable bonds is 3. The predicted octanol–water partition coefficient (Wildman–Crippen LogP) is 2.71. The zero-order valence-electron chi connectivity index (χ0n) is 10.4. The molecule has 0 aromatic carbocycles. The van der Waals surface area contributed by atoms with E-state index in [4.69, 9.17) is 5.73 Å². The summed E-state index contributed by atoms with van der Waals surface area (Å²) in [6, 6.07) is 4.02. The van der Waals surface area contributed by atoms with Gasteiger partial charge in [0.05, 0.1) is 10.7 Å². The van der Waals surface area contributed by atoms with Gasteiger partial charge in [-0.1, -0.05) is 0 Å². The highest BCUT2D eigenvalue weighted by Gasteiger charge is 2.11. The molecule has 0 radical (unpaired) electrons. The van der Waals surface area contributed by atoms with E-state index in [1.807, 2.05) is 32.2 Å². The quantitative estimate of drug-likeness (QED) is 0.907. The first-order chi connectivity index (χ1) is 8.06. The van der Waals surface area contributed by atoms with Crippen LogP contribution in [0.15, 0.2) is 18.3 Å². The van der Waals surface area contributed by atoms with E-state index in [0.29, 0.717) is 0 Å². The van der Waals surface area contributed by atoms with Crippen molar-refractivity contribution in [2.24, 2.45) is 5.73 Å². The molecule has 0 saturated carbocycles. The van der Waals surface area contributed by atoms with E-state index < -0.39 is 0 Å². The standard InChI is InChI=1S/C13H17N3S/c1-8-6-11(4-5-15-8)12(14)7-13-16-9(2)10(3)17-13/h4-6,12H,7,14H2,1-3H3. The summed E-state index contributed by atoms with van der Waals surface area (Å²) in [6.07, 6.45) is 2.60. The van der Waals surface area contributed by atoms with Crippen LogP contribution in [0.2, 0.25) is 0 Å². The van der Waals surface area contributed by atoms with Crippen LogP contribution >= 0.6 is 11.3 Å². The maximum absolute atomic E-state index is 6.19. The minimum absolute atomic E-state index is 0.00153. The molecule has 0 aliphatic rings. The summed E-state index contributed by atoms with van der Waals surface area (Å²) in [7, 11) is 0. The number of aryl methyl sites for hydroxylation is 3. The summed E-state index contributed by atoms with van der Waals surface area (Å²) in [6.45, 7) is 6.12. The highest BCUT2D eigenvalue weighted by Crippen LogP contribution is 2.22. The third-order valence-electron chi connectivity index (χ3n) is 2.82. The molecule has 2 N–H and O–H groups in total. The maximum Gasteiger partial charge on any atom is 0.0949 e. The van der Waals surface area contributed by atoms with Crippen molar-refractivity contribution in [2.75, 3.05) is 0 Å². The summed E-state index contributed by atoms with van der Waals surface area (Å²) in [5.74, 6) is 0. The highest BCUT2D eigenvalue weighted by molar-refractivity contribution is 7.11. The molecule has 90 valence electrons. The Morgan fingerprint density at radius 2 is 2.12 bits per heavy atom. The third kappa shape index (κ3) is 2.90. The molecule has 0 amide bonds. The van der Waals surface area contributed by atoms with Gasteiger partial charge in [0.1, 0.15) is 0 Å².